The van der Waals surface area contributed by atoms with Gasteiger partial charge < -0.3 is 20.0 Å². The summed E-state index contributed by atoms with van der Waals surface area (Å²) in [5.74, 6) is 1.35. The highest BCUT2D eigenvalue weighted by Crippen LogP contribution is 2.68. The van der Waals surface area contributed by atoms with Crippen LogP contribution in [0.4, 0.5) is 0 Å². The Morgan fingerprint density at radius 1 is 1.15 bits per heavy atom. The summed E-state index contributed by atoms with van der Waals surface area (Å²) in [4.78, 5) is 28.6. The van der Waals surface area contributed by atoms with Crippen LogP contribution >= 0.6 is 0 Å². The summed E-state index contributed by atoms with van der Waals surface area (Å²) < 4.78 is 0. The molecule has 4 aliphatic rings. The number of Topliss-reactive ketones (excluding diaryl/α,β-unsaturated/α-hetero) is 1. The molecule has 33 heavy (non-hydrogen) atoms. The quantitative estimate of drug-likeness (QED) is 0.363. The van der Waals surface area contributed by atoms with Gasteiger partial charge in [-0.3, -0.25) is 9.59 Å². The predicted octanol–water partition coefficient (Wildman–Crippen LogP) is 3.98. The number of oxime groups is 1. The molecule has 7 atom stereocenters. The molecule has 0 aromatic rings. The lowest BCUT2D eigenvalue weighted by Crippen LogP contribution is -2.62. The summed E-state index contributed by atoms with van der Waals surface area (Å²) in [6.07, 6.45) is 10.8. The van der Waals surface area contributed by atoms with Gasteiger partial charge in [0.25, 0.3) is 5.97 Å². The number of carboxylic acids is 1. The molecule has 7 heteroatoms. The van der Waals surface area contributed by atoms with Gasteiger partial charge in [-0.2, -0.15) is 0 Å². The average molecular weight is 465 g/mol. The van der Waals surface area contributed by atoms with Crippen LogP contribution in [-0.2, 0) is 14.4 Å². The molecular formula is C26H44N2O5. The number of ketones is 1. The Morgan fingerprint density at radius 3 is 2.52 bits per heavy atom. The van der Waals surface area contributed by atoms with Crippen molar-refractivity contribution in [3.05, 3.63) is 0 Å². The summed E-state index contributed by atoms with van der Waals surface area (Å²) in [6, 6.07) is 0. The van der Waals surface area contributed by atoms with Gasteiger partial charge in [0.1, 0.15) is 12.4 Å². The fourth-order valence-corrected chi connectivity index (χ4v) is 7.69. The van der Waals surface area contributed by atoms with E-state index in [1.165, 1.54) is 6.42 Å². The first kappa shape index (κ1) is 26.1. The molecule has 4 aliphatic carbocycles. The third-order valence-electron chi connectivity index (χ3n) is 9.69. The molecular weight excluding hydrogens is 420 g/mol. The second-order valence-corrected chi connectivity index (χ2v) is 11.7. The van der Waals surface area contributed by atoms with Crippen LogP contribution in [0.3, 0.4) is 0 Å². The number of hydrogen-bond acceptors (Lipinski definition) is 6. The topological polar surface area (TPSA) is 99.4 Å². The van der Waals surface area contributed by atoms with Gasteiger partial charge in [-0.05, 0) is 82.2 Å². The van der Waals surface area contributed by atoms with Crippen molar-refractivity contribution in [3.63, 3.8) is 0 Å². The van der Waals surface area contributed by atoms with E-state index in [-0.39, 0.29) is 16.7 Å². The lowest BCUT2D eigenvalue weighted by Gasteiger charge is -2.63. The third-order valence-corrected chi connectivity index (χ3v) is 9.69. The largest absolute Gasteiger partial charge is 0.481 e. The van der Waals surface area contributed by atoms with Crippen molar-refractivity contribution in [2.75, 3.05) is 27.2 Å². The number of fused-ring (bicyclic) bond motifs is 5. The molecule has 0 heterocycles. The van der Waals surface area contributed by atoms with E-state index in [0.29, 0.717) is 30.1 Å². The Morgan fingerprint density at radius 2 is 1.85 bits per heavy atom. The number of nitrogens with zero attached hydrogens (tertiary/aromatic N) is 2. The van der Waals surface area contributed by atoms with Crippen molar-refractivity contribution < 1.29 is 24.6 Å². The maximum atomic E-state index is 12.1. The fourth-order valence-electron chi connectivity index (χ4n) is 7.69. The molecule has 0 amide bonds. The number of aliphatic hydroxyl groups is 1. The van der Waals surface area contributed by atoms with Crippen molar-refractivity contribution >= 4 is 18.0 Å². The summed E-state index contributed by atoms with van der Waals surface area (Å²) in [7, 11) is 4.06. The number of carbonyl (C=O) groups excluding carboxylic acids is 1. The Bertz CT molecular complexity index is 751. The second-order valence-electron chi connectivity index (χ2n) is 11.7. The van der Waals surface area contributed by atoms with Crippen molar-refractivity contribution in [3.8, 4) is 0 Å². The summed E-state index contributed by atoms with van der Waals surface area (Å²) >= 11 is 0. The average Bonchev–Trinajstić information content (AvgIpc) is 2.99. The van der Waals surface area contributed by atoms with Gasteiger partial charge >= 0.3 is 0 Å². The van der Waals surface area contributed by atoms with Crippen LogP contribution in [0, 0.1) is 34.5 Å². The molecule has 7 nitrogen and oxygen atoms in total. The van der Waals surface area contributed by atoms with E-state index in [2.05, 4.69) is 23.9 Å². The highest BCUT2D eigenvalue weighted by atomic mass is 16.6. The van der Waals surface area contributed by atoms with E-state index in [9.17, 15) is 9.90 Å². The molecule has 0 aromatic carbocycles. The van der Waals surface area contributed by atoms with Gasteiger partial charge in [0.15, 0.2) is 0 Å². The van der Waals surface area contributed by atoms with Crippen molar-refractivity contribution in [2.45, 2.75) is 84.2 Å². The van der Waals surface area contributed by atoms with Gasteiger partial charge in [0.2, 0.25) is 0 Å². The van der Waals surface area contributed by atoms with Crippen LogP contribution in [0.5, 0.6) is 0 Å². The van der Waals surface area contributed by atoms with Gasteiger partial charge in [-0.1, -0.05) is 19.0 Å². The molecule has 2 N–H and O–H groups in total. The van der Waals surface area contributed by atoms with E-state index >= 15 is 0 Å². The van der Waals surface area contributed by atoms with E-state index in [4.69, 9.17) is 14.7 Å². The Kier molecular flexibility index (Phi) is 7.94. The van der Waals surface area contributed by atoms with Crippen LogP contribution < -0.4 is 0 Å². The molecule has 0 unspecified atom stereocenters. The molecule has 4 rings (SSSR count). The van der Waals surface area contributed by atoms with Crippen molar-refractivity contribution in [1.82, 2.24) is 4.90 Å². The minimum absolute atomic E-state index is 0.115. The zero-order chi connectivity index (χ0) is 24.4. The van der Waals surface area contributed by atoms with Crippen molar-refractivity contribution in [2.24, 2.45) is 39.7 Å². The molecule has 0 saturated heterocycles. The number of carboxylic acid groups (broad SMARTS) is 1. The summed E-state index contributed by atoms with van der Waals surface area (Å²) in [5.41, 5.74) is -0.489. The first-order valence-corrected chi connectivity index (χ1v) is 12.7. The Balaban J connectivity index is 0.000000709. The van der Waals surface area contributed by atoms with Crippen LogP contribution in [0.1, 0.15) is 78.6 Å². The minimum atomic E-state index is -0.833. The third kappa shape index (κ3) is 5.00. The Labute approximate surface area is 198 Å². The SMILES string of the molecule is CC(=O)O.CN(C)CCO/N=C/[C@H]1CC[C@]2(O)[C@@H]3CC[C@@H]4CC(=O)CC[C@]4(C)[C@H]3CC[C@]12C. The maximum absolute atomic E-state index is 12.1. The minimum Gasteiger partial charge on any atom is -0.481 e. The van der Waals surface area contributed by atoms with Gasteiger partial charge in [-0.15, -0.1) is 0 Å². The van der Waals surface area contributed by atoms with Gasteiger partial charge in [0.05, 0.1) is 5.60 Å². The second kappa shape index (κ2) is 10.0. The molecule has 0 spiro atoms. The molecule has 0 radical (unpaired) electrons. The predicted molar refractivity (Wildman–Crippen MR) is 128 cm³/mol. The van der Waals surface area contributed by atoms with Crippen LogP contribution in [-0.4, -0.2) is 65.9 Å². The highest BCUT2D eigenvalue weighted by Gasteiger charge is 2.66. The maximum Gasteiger partial charge on any atom is 0.300 e. The number of aliphatic carboxylic acids is 1. The lowest BCUT2D eigenvalue weighted by molar-refractivity contribution is -0.201. The van der Waals surface area contributed by atoms with E-state index in [1.807, 2.05) is 20.3 Å². The number of likely N-dealkylation sites (N-methyl/N-ethyl adjacent to an activating group) is 1. The molecule has 4 fully saturated rings. The standard InChI is InChI=1S/C24H40N2O3.C2H4O2/c1-22-10-8-19(27)15-17(22)5-6-21-20(22)9-11-23(2)18(7-12-24(21,23)28)16-25-29-14-13-26(3)4;1-2(3)4/h16-18,20-21,28H,5-15H2,1-4H3;1H3,(H,3,4)/b25-16+;/t17-,18-,20+,21-,22+,23-,24+;/m1./s1. The van der Waals surface area contributed by atoms with Crippen LogP contribution in [0.2, 0.25) is 0 Å². The first-order chi connectivity index (χ1) is 15.4. The van der Waals surface area contributed by atoms with Crippen LogP contribution in [0.15, 0.2) is 5.16 Å². The lowest BCUT2D eigenvalue weighted by atomic mass is 9.43. The molecule has 4 saturated carbocycles. The van der Waals surface area contributed by atoms with E-state index < -0.39 is 11.6 Å². The van der Waals surface area contributed by atoms with E-state index in [1.54, 1.807) is 0 Å². The van der Waals surface area contributed by atoms with Gasteiger partial charge in [-0.25, -0.2) is 0 Å². The summed E-state index contributed by atoms with van der Waals surface area (Å²) in [6.45, 7) is 7.26. The molecule has 0 aliphatic heterocycles. The molecule has 0 aromatic heterocycles. The number of hydrogen-bond donors (Lipinski definition) is 2. The Hall–Kier alpha value is -1.47. The smallest absolute Gasteiger partial charge is 0.300 e. The normalized spacial score (nSPS) is 42.2. The molecule has 0 bridgehead atoms. The summed E-state index contributed by atoms with van der Waals surface area (Å²) in [5, 5.41) is 23.8. The van der Waals surface area contributed by atoms with Crippen LogP contribution in [0.25, 0.3) is 0 Å². The monoisotopic (exact) mass is 464 g/mol. The first-order valence-electron chi connectivity index (χ1n) is 12.7. The molecule has 188 valence electrons. The van der Waals surface area contributed by atoms with E-state index in [0.717, 1.165) is 64.8 Å². The van der Waals surface area contributed by atoms with Crippen molar-refractivity contribution in [1.29, 1.82) is 0 Å². The zero-order valence-corrected chi connectivity index (χ0v) is 21.2. The number of rotatable bonds is 5. The van der Waals surface area contributed by atoms with Gasteiger partial charge in [0, 0.05) is 43.9 Å². The fraction of sp³-hybridized carbons (Fsp3) is 0.885. The number of carbonyl (C=O) groups is 2. The highest BCUT2D eigenvalue weighted by molar-refractivity contribution is 5.79. The zero-order valence-electron chi connectivity index (χ0n) is 21.2.